The Morgan fingerprint density at radius 1 is 1.09 bits per heavy atom. The van der Waals surface area contributed by atoms with Crippen LogP contribution in [0.3, 0.4) is 0 Å². The van der Waals surface area contributed by atoms with E-state index in [9.17, 15) is 13.2 Å². The second-order valence-electron chi connectivity index (χ2n) is 4.77. The summed E-state index contributed by atoms with van der Waals surface area (Å²) in [6.45, 7) is 0. The Morgan fingerprint density at radius 2 is 1.73 bits per heavy atom. The van der Waals surface area contributed by atoms with Gasteiger partial charge in [0, 0.05) is 11.4 Å². The molecular weight excluding hydrogens is 342 g/mol. The summed E-state index contributed by atoms with van der Waals surface area (Å²) in [6.07, 6.45) is 0.172. The van der Waals surface area contributed by atoms with Crippen LogP contribution in [0.15, 0.2) is 53.4 Å². The van der Waals surface area contributed by atoms with Crippen LogP contribution in [0.1, 0.15) is 15.9 Å². The number of thiocarbonyl (C=S) groups is 1. The highest BCUT2D eigenvalue weighted by molar-refractivity contribution is 7.92. The van der Waals surface area contributed by atoms with Gasteiger partial charge in [0.2, 0.25) is 0 Å². The lowest BCUT2D eigenvalue weighted by Crippen LogP contribution is -2.36. The fourth-order valence-electron chi connectivity index (χ4n) is 2.28. The Kier molecular flexibility index (Phi) is 3.76. The number of hydrogen-bond donors (Lipinski definition) is 0. The minimum atomic E-state index is -3.91. The van der Waals surface area contributed by atoms with E-state index in [0.29, 0.717) is 9.33 Å². The highest BCUT2D eigenvalue weighted by Gasteiger charge is 2.42. The Hall–Kier alpha value is -1.76. The molecule has 2 aromatic rings. The second-order valence-corrected chi connectivity index (χ2v) is 7.43. The van der Waals surface area contributed by atoms with Crippen molar-refractivity contribution >= 4 is 44.7 Å². The summed E-state index contributed by atoms with van der Waals surface area (Å²) in [5.74, 6) is -0.602. The van der Waals surface area contributed by atoms with Crippen LogP contribution in [0.25, 0.3) is 0 Å². The van der Waals surface area contributed by atoms with Gasteiger partial charge in [0.25, 0.3) is 15.9 Å². The van der Waals surface area contributed by atoms with Crippen molar-refractivity contribution in [3.63, 3.8) is 0 Å². The largest absolute Gasteiger partial charge is 0.274 e. The molecule has 0 bridgehead atoms. The first-order valence-corrected chi connectivity index (χ1v) is 8.60. The Morgan fingerprint density at radius 3 is 2.36 bits per heavy atom. The maximum atomic E-state index is 12.5. The minimum Gasteiger partial charge on any atom is -0.268 e. The number of amides is 1. The van der Waals surface area contributed by atoms with Gasteiger partial charge in [-0.3, -0.25) is 4.79 Å². The number of hydrogen-bond acceptors (Lipinski definition) is 4. The summed E-state index contributed by atoms with van der Waals surface area (Å²) in [4.78, 5) is 12.4. The van der Waals surface area contributed by atoms with Crippen molar-refractivity contribution in [1.29, 1.82) is 0 Å². The molecule has 2 aromatic carbocycles. The van der Waals surface area contributed by atoms with Gasteiger partial charge in [-0.1, -0.05) is 48.1 Å². The van der Waals surface area contributed by atoms with Crippen LogP contribution < -0.4 is 0 Å². The molecular formula is C15H10ClNO3S2. The average molecular weight is 352 g/mol. The van der Waals surface area contributed by atoms with Gasteiger partial charge in [0.05, 0.1) is 5.56 Å². The lowest BCUT2D eigenvalue weighted by atomic mass is 10.1. The van der Waals surface area contributed by atoms with Gasteiger partial charge in [-0.05, 0) is 29.8 Å². The molecule has 1 aliphatic heterocycles. The molecule has 0 atom stereocenters. The van der Waals surface area contributed by atoms with Gasteiger partial charge < -0.3 is 0 Å². The zero-order chi connectivity index (χ0) is 15.9. The molecule has 0 saturated carbocycles. The SMILES string of the molecule is O=C1c2ccccc2S(=O)(=O)N1C(=S)Cc1ccc(Cl)cc1. The van der Waals surface area contributed by atoms with E-state index < -0.39 is 15.9 Å². The molecule has 1 amide bonds. The predicted molar refractivity (Wildman–Crippen MR) is 87.6 cm³/mol. The van der Waals surface area contributed by atoms with Crippen LogP contribution in [0.4, 0.5) is 0 Å². The second kappa shape index (κ2) is 5.46. The molecule has 0 radical (unpaired) electrons. The Labute approximate surface area is 138 Å². The summed E-state index contributed by atoms with van der Waals surface area (Å²) < 4.78 is 25.7. The van der Waals surface area contributed by atoms with Gasteiger partial charge in [0.1, 0.15) is 9.88 Å². The lowest BCUT2D eigenvalue weighted by molar-refractivity contribution is 0.0920. The smallest absolute Gasteiger partial charge is 0.268 e. The Balaban J connectivity index is 1.94. The van der Waals surface area contributed by atoms with E-state index in [1.54, 1.807) is 36.4 Å². The number of fused-ring (bicyclic) bond motifs is 1. The Bertz CT molecular complexity index is 876. The summed E-state index contributed by atoms with van der Waals surface area (Å²) >= 11 is 11.0. The van der Waals surface area contributed by atoms with Crippen molar-refractivity contribution in [3.05, 3.63) is 64.7 Å². The molecule has 0 unspecified atom stereocenters. The fourth-order valence-corrected chi connectivity index (χ4v) is 4.48. The summed E-state index contributed by atoms with van der Waals surface area (Å²) in [5, 5.41) is 0.576. The van der Waals surface area contributed by atoms with Gasteiger partial charge >= 0.3 is 0 Å². The number of carbonyl (C=O) groups is 1. The molecule has 22 heavy (non-hydrogen) atoms. The first kappa shape index (κ1) is 15.1. The monoisotopic (exact) mass is 351 g/mol. The fraction of sp³-hybridized carbons (Fsp3) is 0.0667. The first-order chi connectivity index (χ1) is 10.4. The summed E-state index contributed by atoms with van der Waals surface area (Å²) in [6, 6.07) is 13.0. The summed E-state index contributed by atoms with van der Waals surface area (Å²) in [7, 11) is -3.91. The van der Waals surface area contributed by atoms with Gasteiger partial charge in [-0.2, -0.15) is 4.31 Å². The third-order valence-electron chi connectivity index (χ3n) is 3.32. The van der Waals surface area contributed by atoms with Crippen molar-refractivity contribution in [2.75, 3.05) is 0 Å². The van der Waals surface area contributed by atoms with E-state index in [4.69, 9.17) is 23.8 Å². The van der Waals surface area contributed by atoms with Crippen LogP contribution in [-0.4, -0.2) is 23.6 Å². The summed E-state index contributed by atoms with van der Waals surface area (Å²) in [5.41, 5.74) is 0.939. The molecule has 4 nitrogen and oxygen atoms in total. The van der Waals surface area contributed by atoms with Crippen LogP contribution in [0.5, 0.6) is 0 Å². The maximum Gasteiger partial charge on any atom is 0.274 e. The molecule has 0 aliphatic carbocycles. The minimum absolute atomic E-state index is 0.00143. The van der Waals surface area contributed by atoms with Gasteiger partial charge in [-0.25, -0.2) is 8.42 Å². The van der Waals surface area contributed by atoms with E-state index in [1.165, 1.54) is 12.1 Å². The highest BCUT2D eigenvalue weighted by Crippen LogP contribution is 2.31. The number of carbonyl (C=O) groups excluding carboxylic acids is 1. The third-order valence-corrected chi connectivity index (χ3v) is 5.79. The standard InChI is InChI=1S/C15H10ClNO3S2/c16-11-7-5-10(6-8-11)9-14(21)17-15(18)12-3-1-2-4-13(12)22(17,19)20/h1-8H,9H2. The predicted octanol–water partition coefficient (Wildman–Crippen LogP) is 3.05. The normalized spacial score (nSPS) is 15.7. The molecule has 3 rings (SSSR count). The first-order valence-electron chi connectivity index (χ1n) is 6.37. The maximum absolute atomic E-state index is 12.5. The van der Waals surface area contributed by atoms with E-state index in [2.05, 4.69) is 0 Å². The lowest BCUT2D eigenvalue weighted by Gasteiger charge is -2.16. The number of nitrogens with zero attached hydrogens (tertiary/aromatic N) is 1. The van der Waals surface area contributed by atoms with E-state index in [-0.39, 0.29) is 21.9 Å². The molecule has 7 heteroatoms. The number of rotatable bonds is 2. The van der Waals surface area contributed by atoms with Crippen molar-refractivity contribution in [1.82, 2.24) is 4.31 Å². The molecule has 1 heterocycles. The number of sulfonamides is 1. The van der Waals surface area contributed by atoms with Gasteiger partial charge in [0.15, 0.2) is 0 Å². The quantitative estimate of drug-likeness (QED) is 0.780. The topological polar surface area (TPSA) is 54.5 Å². The van der Waals surface area contributed by atoms with E-state index in [1.807, 2.05) is 0 Å². The van der Waals surface area contributed by atoms with Crippen LogP contribution >= 0.6 is 23.8 Å². The average Bonchev–Trinajstić information content (AvgIpc) is 2.69. The van der Waals surface area contributed by atoms with Crippen molar-refractivity contribution in [2.45, 2.75) is 11.3 Å². The van der Waals surface area contributed by atoms with Crippen LogP contribution in [0, 0.1) is 0 Å². The molecule has 112 valence electrons. The molecule has 1 aliphatic rings. The van der Waals surface area contributed by atoms with Crippen molar-refractivity contribution in [3.8, 4) is 0 Å². The third kappa shape index (κ3) is 2.43. The van der Waals surface area contributed by atoms with Crippen molar-refractivity contribution in [2.24, 2.45) is 0 Å². The molecule has 0 saturated heterocycles. The van der Waals surface area contributed by atoms with E-state index in [0.717, 1.165) is 5.56 Å². The van der Waals surface area contributed by atoms with Crippen LogP contribution in [-0.2, 0) is 16.4 Å². The van der Waals surface area contributed by atoms with Crippen molar-refractivity contribution < 1.29 is 13.2 Å². The molecule has 0 fully saturated rings. The number of benzene rings is 2. The number of halogens is 1. The molecule has 0 spiro atoms. The van der Waals surface area contributed by atoms with Gasteiger partial charge in [-0.15, -0.1) is 0 Å². The zero-order valence-corrected chi connectivity index (χ0v) is 13.6. The van der Waals surface area contributed by atoms with Crippen LogP contribution in [0.2, 0.25) is 5.02 Å². The molecule has 0 aromatic heterocycles. The zero-order valence-electron chi connectivity index (χ0n) is 11.2. The highest BCUT2D eigenvalue weighted by atomic mass is 35.5. The molecule has 0 N–H and O–H groups in total. The van der Waals surface area contributed by atoms with E-state index >= 15 is 0 Å².